The lowest BCUT2D eigenvalue weighted by Gasteiger charge is -2.13. The van der Waals surface area contributed by atoms with E-state index in [0.29, 0.717) is 24.0 Å². The van der Waals surface area contributed by atoms with Gasteiger partial charge in [-0.3, -0.25) is 4.79 Å². The summed E-state index contributed by atoms with van der Waals surface area (Å²) in [6.07, 6.45) is 4.18. The molecular weight excluding hydrogens is 338 g/mol. The minimum Gasteiger partial charge on any atom is -0.493 e. The molecular formula is C23H29NO3. The minimum atomic E-state index is -0.155. The van der Waals surface area contributed by atoms with Crippen molar-refractivity contribution in [3.05, 3.63) is 59.2 Å². The van der Waals surface area contributed by atoms with Crippen LogP contribution in [-0.4, -0.2) is 19.6 Å². The van der Waals surface area contributed by atoms with Crippen molar-refractivity contribution >= 4 is 17.7 Å². The first-order valence-corrected chi connectivity index (χ1v) is 9.33. The molecule has 0 aliphatic heterocycles. The summed E-state index contributed by atoms with van der Waals surface area (Å²) in [5, 5.41) is 2.99. The fourth-order valence-corrected chi connectivity index (χ4v) is 2.70. The number of methoxy groups -OCH3 is 1. The van der Waals surface area contributed by atoms with E-state index in [-0.39, 0.29) is 5.91 Å². The van der Waals surface area contributed by atoms with Crippen LogP contribution in [0.5, 0.6) is 11.5 Å². The summed E-state index contributed by atoms with van der Waals surface area (Å²) in [5.41, 5.74) is 3.96. The number of rotatable bonds is 8. The Morgan fingerprint density at radius 3 is 2.63 bits per heavy atom. The number of para-hydroxylation sites is 1. The van der Waals surface area contributed by atoms with E-state index in [4.69, 9.17) is 9.47 Å². The molecule has 0 heterocycles. The van der Waals surface area contributed by atoms with Crippen LogP contribution in [0, 0.1) is 12.8 Å². The maximum absolute atomic E-state index is 12.4. The van der Waals surface area contributed by atoms with Gasteiger partial charge in [-0.1, -0.05) is 45.0 Å². The second kappa shape index (κ2) is 9.81. The van der Waals surface area contributed by atoms with Crippen LogP contribution >= 0.6 is 0 Å². The number of hydrogen-bond acceptors (Lipinski definition) is 3. The predicted octanol–water partition coefficient (Wildman–Crippen LogP) is 5.25. The number of hydrogen-bond donors (Lipinski definition) is 1. The number of nitrogens with one attached hydrogen (secondary N) is 1. The van der Waals surface area contributed by atoms with Crippen molar-refractivity contribution in [2.45, 2.75) is 34.1 Å². The summed E-state index contributed by atoms with van der Waals surface area (Å²) in [6.45, 7) is 8.90. The highest BCUT2D eigenvalue weighted by atomic mass is 16.5. The van der Waals surface area contributed by atoms with Crippen LogP contribution in [0.2, 0.25) is 0 Å². The molecule has 0 saturated carbocycles. The van der Waals surface area contributed by atoms with Crippen molar-refractivity contribution in [2.75, 3.05) is 19.0 Å². The fourth-order valence-electron chi connectivity index (χ4n) is 2.70. The average Bonchev–Trinajstić information content (AvgIpc) is 2.66. The molecule has 144 valence electrons. The van der Waals surface area contributed by atoms with Gasteiger partial charge in [0.05, 0.1) is 13.7 Å². The van der Waals surface area contributed by atoms with E-state index in [1.54, 1.807) is 13.2 Å². The van der Waals surface area contributed by atoms with Crippen molar-refractivity contribution in [1.82, 2.24) is 0 Å². The van der Waals surface area contributed by atoms with Gasteiger partial charge in [-0.15, -0.1) is 0 Å². The van der Waals surface area contributed by atoms with Crippen LogP contribution in [0.1, 0.15) is 37.5 Å². The van der Waals surface area contributed by atoms with Crippen LogP contribution in [0.3, 0.4) is 0 Å². The van der Waals surface area contributed by atoms with Crippen molar-refractivity contribution in [3.8, 4) is 11.5 Å². The first-order valence-electron chi connectivity index (χ1n) is 9.33. The van der Waals surface area contributed by atoms with Crippen molar-refractivity contribution in [2.24, 2.45) is 5.92 Å². The number of ether oxygens (including phenoxy) is 2. The molecule has 1 amide bonds. The number of aryl methyl sites for hydroxylation is 2. The molecule has 1 N–H and O–H groups in total. The van der Waals surface area contributed by atoms with Crippen LogP contribution in [-0.2, 0) is 11.2 Å². The predicted molar refractivity (Wildman–Crippen MR) is 112 cm³/mol. The van der Waals surface area contributed by atoms with E-state index in [9.17, 15) is 4.79 Å². The Labute approximate surface area is 162 Å². The van der Waals surface area contributed by atoms with E-state index in [1.165, 1.54) is 6.08 Å². The highest BCUT2D eigenvalue weighted by molar-refractivity contribution is 6.02. The fraction of sp³-hybridized carbons (Fsp3) is 0.348. The molecule has 0 fully saturated rings. The van der Waals surface area contributed by atoms with Gasteiger partial charge < -0.3 is 14.8 Å². The summed E-state index contributed by atoms with van der Waals surface area (Å²) in [5.74, 6) is 1.65. The number of carbonyl (C=O) groups excluding carboxylic acids is 1. The number of anilines is 1. The smallest absolute Gasteiger partial charge is 0.248 e. The van der Waals surface area contributed by atoms with Gasteiger partial charge in [-0.2, -0.15) is 0 Å². The zero-order chi connectivity index (χ0) is 19.8. The van der Waals surface area contributed by atoms with E-state index < -0.39 is 0 Å². The highest BCUT2D eigenvalue weighted by Gasteiger charge is 2.08. The lowest BCUT2D eigenvalue weighted by Crippen LogP contribution is -2.11. The topological polar surface area (TPSA) is 47.6 Å². The van der Waals surface area contributed by atoms with E-state index >= 15 is 0 Å². The van der Waals surface area contributed by atoms with Gasteiger partial charge in [0, 0.05) is 11.8 Å². The summed E-state index contributed by atoms with van der Waals surface area (Å²) in [6, 6.07) is 11.7. The Kier molecular flexibility index (Phi) is 7.47. The van der Waals surface area contributed by atoms with Crippen LogP contribution in [0.4, 0.5) is 5.69 Å². The normalized spacial score (nSPS) is 11.0. The van der Waals surface area contributed by atoms with Gasteiger partial charge in [0.2, 0.25) is 5.91 Å². The van der Waals surface area contributed by atoms with Gasteiger partial charge in [0.25, 0.3) is 0 Å². The zero-order valence-electron chi connectivity index (χ0n) is 16.8. The third-order valence-electron chi connectivity index (χ3n) is 4.18. The average molecular weight is 367 g/mol. The standard InChI is InChI=1S/C23H29NO3/c1-6-19-9-7-8-17(4)23(19)24-22(25)13-11-18-10-12-20(21(14-18)26-5)27-15-16(2)3/h7-14,16H,6,15H2,1-5H3,(H,24,25)/b13-11+. The summed E-state index contributed by atoms with van der Waals surface area (Å²) in [4.78, 5) is 12.4. The minimum absolute atomic E-state index is 0.155. The lowest BCUT2D eigenvalue weighted by atomic mass is 10.1. The maximum atomic E-state index is 12.4. The molecule has 0 atom stereocenters. The molecule has 2 rings (SSSR count). The molecule has 2 aromatic rings. The molecule has 4 nitrogen and oxygen atoms in total. The molecule has 27 heavy (non-hydrogen) atoms. The number of benzene rings is 2. The van der Waals surface area contributed by atoms with Gasteiger partial charge in [0.15, 0.2) is 11.5 Å². The summed E-state index contributed by atoms with van der Waals surface area (Å²) >= 11 is 0. The second-order valence-electron chi connectivity index (χ2n) is 6.90. The quantitative estimate of drug-likeness (QED) is 0.648. The van der Waals surface area contributed by atoms with Gasteiger partial charge in [0.1, 0.15) is 0 Å². The lowest BCUT2D eigenvalue weighted by molar-refractivity contribution is -0.111. The molecule has 0 bridgehead atoms. The van der Waals surface area contributed by atoms with Gasteiger partial charge in [-0.25, -0.2) is 0 Å². The molecule has 0 aliphatic rings. The van der Waals surface area contributed by atoms with Crippen molar-refractivity contribution < 1.29 is 14.3 Å². The van der Waals surface area contributed by atoms with E-state index in [1.807, 2.05) is 43.3 Å². The van der Waals surface area contributed by atoms with Gasteiger partial charge in [-0.05, 0) is 54.2 Å². The molecule has 0 unspecified atom stereocenters. The molecule has 4 heteroatoms. The van der Waals surface area contributed by atoms with Crippen molar-refractivity contribution in [3.63, 3.8) is 0 Å². The Hall–Kier alpha value is -2.75. The number of carbonyl (C=O) groups is 1. The monoisotopic (exact) mass is 367 g/mol. The molecule has 0 aliphatic carbocycles. The zero-order valence-corrected chi connectivity index (χ0v) is 16.8. The Balaban J connectivity index is 2.10. The largest absolute Gasteiger partial charge is 0.493 e. The van der Waals surface area contributed by atoms with Gasteiger partial charge >= 0.3 is 0 Å². The maximum Gasteiger partial charge on any atom is 0.248 e. The Morgan fingerprint density at radius 1 is 1.19 bits per heavy atom. The Bertz CT molecular complexity index is 809. The van der Waals surface area contributed by atoms with Crippen LogP contribution < -0.4 is 14.8 Å². The Morgan fingerprint density at radius 2 is 1.96 bits per heavy atom. The second-order valence-corrected chi connectivity index (χ2v) is 6.90. The molecule has 0 saturated heterocycles. The molecule has 0 spiro atoms. The van der Waals surface area contributed by atoms with Crippen LogP contribution in [0.25, 0.3) is 6.08 Å². The van der Waals surface area contributed by atoms with E-state index in [2.05, 4.69) is 26.1 Å². The third kappa shape index (κ3) is 5.88. The van der Waals surface area contributed by atoms with E-state index in [0.717, 1.165) is 28.8 Å². The molecule has 2 aromatic carbocycles. The molecule has 0 aromatic heterocycles. The summed E-state index contributed by atoms with van der Waals surface area (Å²) < 4.78 is 11.2. The van der Waals surface area contributed by atoms with Crippen molar-refractivity contribution in [1.29, 1.82) is 0 Å². The molecule has 0 radical (unpaired) electrons. The van der Waals surface area contributed by atoms with Crippen LogP contribution in [0.15, 0.2) is 42.5 Å². The first-order chi connectivity index (χ1) is 12.9. The number of amides is 1. The highest BCUT2D eigenvalue weighted by Crippen LogP contribution is 2.29. The third-order valence-corrected chi connectivity index (χ3v) is 4.18. The SMILES string of the molecule is CCc1cccc(C)c1NC(=O)/C=C/c1ccc(OCC(C)C)c(OC)c1. The summed E-state index contributed by atoms with van der Waals surface area (Å²) in [7, 11) is 1.61. The first kappa shape index (κ1) is 20.6.